The third-order valence-electron chi connectivity index (χ3n) is 3.34. The van der Waals surface area contributed by atoms with Crippen LogP contribution in [-0.2, 0) is 11.2 Å². The molecule has 21 heavy (non-hydrogen) atoms. The predicted octanol–water partition coefficient (Wildman–Crippen LogP) is 4.25. The number of halogens is 2. The molecule has 3 rings (SSSR count). The number of H-pyrrole nitrogens is 1. The molecule has 0 unspecified atom stereocenters. The maximum absolute atomic E-state index is 14.0. The minimum atomic E-state index is -0.978. The van der Waals surface area contributed by atoms with E-state index in [0.29, 0.717) is 27.2 Å². The number of benzene rings is 2. The number of aromatic nitrogens is 1. The molecule has 1 aromatic heterocycles. The summed E-state index contributed by atoms with van der Waals surface area (Å²) in [4.78, 5) is 14.2. The van der Waals surface area contributed by atoms with Gasteiger partial charge in [0.25, 0.3) is 0 Å². The van der Waals surface area contributed by atoms with Gasteiger partial charge in [-0.3, -0.25) is 4.79 Å². The number of carboxylic acids is 1. The second-order valence-electron chi connectivity index (χ2n) is 4.72. The lowest BCUT2D eigenvalue weighted by Gasteiger charge is -2.04. The molecule has 2 aromatic carbocycles. The summed E-state index contributed by atoms with van der Waals surface area (Å²) in [6.07, 6.45) is -0.204. The maximum atomic E-state index is 14.0. The summed E-state index contributed by atoms with van der Waals surface area (Å²) in [6, 6.07) is 11.4. The average Bonchev–Trinajstić information content (AvgIpc) is 2.77. The van der Waals surface area contributed by atoms with Crippen LogP contribution in [0.3, 0.4) is 0 Å². The highest BCUT2D eigenvalue weighted by Gasteiger charge is 2.18. The zero-order valence-corrected chi connectivity index (χ0v) is 11.6. The van der Waals surface area contributed by atoms with Crippen molar-refractivity contribution in [2.45, 2.75) is 6.42 Å². The fraction of sp³-hybridized carbons (Fsp3) is 0.0625. The molecular weight excluding hydrogens is 293 g/mol. The number of aromatic amines is 1. The number of hydrogen-bond donors (Lipinski definition) is 2. The first-order valence-electron chi connectivity index (χ1n) is 6.33. The average molecular weight is 304 g/mol. The Morgan fingerprint density at radius 1 is 1.24 bits per heavy atom. The molecule has 0 aliphatic carbocycles. The van der Waals surface area contributed by atoms with Crippen molar-refractivity contribution < 1.29 is 14.3 Å². The highest BCUT2D eigenvalue weighted by Crippen LogP contribution is 2.33. The van der Waals surface area contributed by atoms with Crippen LogP contribution >= 0.6 is 11.6 Å². The highest BCUT2D eigenvalue weighted by molar-refractivity contribution is 6.31. The molecule has 3 nitrogen and oxygen atoms in total. The molecule has 0 atom stereocenters. The topological polar surface area (TPSA) is 53.1 Å². The van der Waals surface area contributed by atoms with E-state index in [4.69, 9.17) is 16.7 Å². The van der Waals surface area contributed by atoms with Crippen LogP contribution in [0, 0.1) is 5.82 Å². The minimum absolute atomic E-state index is 0.204. The first-order valence-corrected chi connectivity index (χ1v) is 6.71. The molecule has 0 radical (unpaired) electrons. The molecular formula is C16H11ClFNO2. The first kappa shape index (κ1) is 13.6. The number of hydrogen-bond acceptors (Lipinski definition) is 1. The summed E-state index contributed by atoms with van der Waals surface area (Å²) in [7, 11) is 0. The van der Waals surface area contributed by atoms with Crippen LogP contribution in [-0.4, -0.2) is 16.1 Å². The van der Waals surface area contributed by atoms with E-state index < -0.39 is 11.8 Å². The van der Waals surface area contributed by atoms with Crippen LogP contribution in [0.15, 0.2) is 42.5 Å². The molecule has 0 amide bonds. The standard InChI is InChI=1S/C16H11ClFNO2/c17-9-5-6-14-11(7-9)12(8-15(20)21)16(19-14)10-3-1-2-4-13(10)18/h1-7,19H,8H2,(H,20,21). The van der Waals surface area contributed by atoms with Gasteiger partial charge in [-0.15, -0.1) is 0 Å². The van der Waals surface area contributed by atoms with Crippen molar-refractivity contribution in [2.75, 3.05) is 0 Å². The highest BCUT2D eigenvalue weighted by atomic mass is 35.5. The SMILES string of the molecule is O=C(O)Cc1c(-c2ccccc2F)[nH]c2ccc(Cl)cc12. The summed E-state index contributed by atoms with van der Waals surface area (Å²) in [5, 5.41) is 10.3. The number of rotatable bonds is 3. The molecule has 0 saturated carbocycles. The third-order valence-corrected chi connectivity index (χ3v) is 3.57. The molecule has 3 aromatic rings. The molecule has 5 heteroatoms. The largest absolute Gasteiger partial charge is 0.481 e. The van der Waals surface area contributed by atoms with E-state index in [2.05, 4.69) is 4.98 Å². The molecule has 0 aliphatic rings. The smallest absolute Gasteiger partial charge is 0.307 e. The van der Waals surface area contributed by atoms with Crippen LogP contribution in [0.1, 0.15) is 5.56 Å². The van der Waals surface area contributed by atoms with Crippen molar-refractivity contribution in [3.05, 3.63) is 58.9 Å². The summed E-state index contributed by atoms with van der Waals surface area (Å²) in [5.41, 5.74) is 2.09. The van der Waals surface area contributed by atoms with E-state index in [0.717, 1.165) is 5.52 Å². The maximum Gasteiger partial charge on any atom is 0.307 e. The number of aliphatic carboxylic acids is 1. The van der Waals surface area contributed by atoms with Crippen molar-refractivity contribution in [3.8, 4) is 11.3 Å². The second kappa shape index (κ2) is 5.22. The first-order chi connectivity index (χ1) is 10.1. The van der Waals surface area contributed by atoms with Gasteiger partial charge in [0.1, 0.15) is 5.82 Å². The van der Waals surface area contributed by atoms with Crippen molar-refractivity contribution >= 4 is 28.5 Å². The van der Waals surface area contributed by atoms with E-state index >= 15 is 0 Å². The minimum Gasteiger partial charge on any atom is -0.481 e. The van der Waals surface area contributed by atoms with Gasteiger partial charge in [0.15, 0.2) is 0 Å². The van der Waals surface area contributed by atoms with Crippen molar-refractivity contribution in [3.63, 3.8) is 0 Å². The number of carbonyl (C=O) groups is 1. The third kappa shape index (κ3) is 2.50. The van der Waals surface area contributed by atoms with E-state index in [1.54, 1.807) is 36.4 Å². The van der Waals surface area contributed by atoms with Crippen molar-refractivity contribution in [1.82, 2.24) is 4.98 Å². The lowest BCUT2D eigenvalue weighted by Crippen LogP contribution is -2.01. The number of carboxylic acid groups (broad SMARTS) is 1. The van der Waals surface area contributed by atoms with Crippen LogP contribution in [0.2, 0.25) is 5.02 Å². The van der Waals surface area contributed by atoms with E-state index in [9.17, 15) is 9.18 Å². The zero-order valence-electron chi connectivity index (χ0n) is 10.9. The summed E-state index contributed by atoms with van der Waals surface area (Å²) >= 11 is 5.98. The van der Waals surface area contributed by atoms with Gasteiger partial charge in [-0.25, -0.2) is 4.39 Å². The van der Waals surface area contributed by atoms with Gasteiger partial charge < -0.3 is 10.1 Å². The lowest BCUT2D eigenvalue weighted by molar-refractivity contribution is -0.136. The molecule has 106 valence electrons. The Hall–Kier alpha value is -2.33. The van der Waals surface area contributed by atoms with Crippen LogP contribution in [0.5, 0.6) is 0 Å². The Bertz CT molecular complexity index is 841. The van der Waals surface area contributed by atoms with Gasteiger partial charge in [0, 0.05) is 21.5 Å². The normalized spacial score (nSPS) is 11.0. The van der Waals surface area contributed by atoms with Gasteiger partial charge in [-0.2, -0.15) is 0 Å². The lowest BCUT2D eigenvalue weighted by atomic mass is 10.0. The summed E-state index contributed by atoms with van der Waals surface area (Å²) < 4.78 is 14.0. The molecule has 0 spiro atoms. The van der Waals surface area contributed by atoms with Crippen LogP contribution < -0.4 is 0 Å². The molecule has 0 fully saturated rings. The number of nitrogens with one attached hydrogen (secondary N) is 1. The van der Waals surface area contributed by atoms with Gasteiger partial charge >= 0.3 is 5.97 Å². The monoisotopic (exact) mass is 303 g/mol. The van der Waals surface area contributed by atoms with E-state index in [1.807, 2.05) is 0 Å². The Kier molecular flexibility index (Phi) is 3.39. The Morgan fingerprint density at radius 2 is 2.00 bits per heavy atom. The van der Waals surface area contributed by atoms with E-state index in [1.165, 1.54) is 6.07 Å². The fourth-order valence-corrected chi connectivity index (χ4v) is 2.62. The van der Waals surface area contributed by atoms with Gasteiger partial charge in [-0.1, -0.05) is 23.7 Å². The van der Waals surface area contributed by atoms with Gasteiger partial charge in [0.05, 0.1) is 12.1 Å². The molecule has 0 bridgehead atoms. The molecule has 1 heterocycles. The van der Waals surface area contributed by atoms with Crippen molar-refractivity contribution in [2.24, 2.45) is 0 Å². The molecule has 2 N–H and O–H groups in total. The molecule has 0 saturated heterocycles. The van der Waals surface area contributed by atoms with E-state index in [-0.39, 0.29) is 6.42 Å². The summed E-state index contributed by atoms with van der Waals surface area (Å²) in [6.45, 7) is 0. The van der Waals surface area contributed by atoms with Gasteiger partial charge in [0.2, 0.25) is 0 Å². The predicted molar refractivity (Wildman–Crippen MR) is 80.0 cm³/mol. The second-order valence-corrected chi connectivity index (χ2v) is 5.16. The van der Waals surface area contributed by atoms with Crippen LogP contribution in [0.4, 0.5) is 4.39 Å². The Morgan fingerprint density at radius 3 is 2.71 bits per heavy atom. The fourth-order valence-electron chi connectivity index (χ4n) is 2.45. The Balaban J connectivity index is 2.31. The van der Waals surface area contributed by atoms with Crippen LogP contribution in [0.25, 0.3) is 22.2 Å². The summed E-state index contributed by atoms with van der Waals surface area (Å²) in [5.74, 6) is -1.38. The number of fused-ring (bicyclic) bond motifs is 1. The van der Waals surface area contributed by atoms with Gasteiger partial charge in [-0.05, 0) is 35.9 Å². The Labute approximate surface area is 125 Å². The zero-order chi connectivity index (χ0) is 15.0. The molecule has 0 aliphatic heterocycles. The van der Waals surface area contributed by atoms with Crippen molar-refractivity contribution in [1.29, 1.82) is 0 Å². The quantitative estimate of drug-likeness (QED) is 0.760.